The highest BCUT2D eigenvalue weighted by Gasteiger charge is 2.27. The van der Waals surface area contributed by atoms with E-state index >= 15 is 0 Å². The zero-order chi connectivity index (χ0) is 31.0. The van der Waals surface area contributed by atoms with Gasteiger partial charge >= 0.3 is 0 Å². The topological polar surface area (TPSA) is 60.8 Å². The predicted octanol–water partition coefficient (Wildman–Crippen LogP) is 8.96. The molecule has 5 nitrogen and oxygen atoms in total. The fourth-order valence-corrected chi connectivity index (χ4v) is 6.73. The molecule has 2 aliphatic heterocycles. The number of rotatable bonds is 5. The van der Waals surface area contributed by atoms with Crippen LogP contribution in [0.25, 0.3) is 32.7 Å². The Labute approximate surface area is 269 Å². The first-order chi connectivity index (χ1) is 22.6. The second-order valence-corrected chi connectivity index (χ2v) is 12.1. The van der Waals surface area contributed by atoms with Crippen LogP contribution in [0.15, 0.2) is 155 Å². The van der Waals surface area contributed by atoms with E-state index in [9.17, 15) is 0 Å². The maximum Gasteiger partial charge on any atom is 0.144 e. The molecule has 0 spiro atoms. The maximum absolute atomic E-state index is 5.29. The lowest BCUT2D eigenvalue weighted by molar-refractivity contribution is 0.409. The van der Waals surface area contributed by atoms with Gasteiger partial charge in [0.25, 0.3) is 0 Å². The first-order valence-corrected chi connectivity index (χ1v) is 15.8. The molecular formula is C41H35N5. The molecule has 6 aromatic carbocycles. The second-order valence-electron chi connectivity index (χ2n) is 12.1. The van der Waals surface area contributed by atoms with Gasteiger partial charge in [0.1, 0.15) is 24.3 Å². The highest BCUT2D eigenvalue weighted by atomic mass is 15.3. The molecule has 6 aromatic rings. The van der Waals surface area contributed by atoms with Gasteiger partial charge in [-0.25, -0.2) is 4.99 Å². The summed E-state index contributed by atoms with van der Waals surface area (Å²) in [6.07, 6.45) is 1.55. The van der Waals surface area contributed by atoms with Crippen LogP contribution < -0.4 is 16.0 Å². The minimum atomic E-state index is -0.213. The summed E-state index contributed by atoms with van der Waals surface area (Å²) >= 11 is 0. The lowest BCUT2D eigenvalue weighted by Crippen LogP contribution is -2.45. The van der Waals surface area contributed by atoms with Gasteiger partial charge in [0.15, 0.2) is 0 Å². The number of aliphatic imine (C=N–C) groups is 2. The lowest BCUT2D eigenvalue weighted by Gasteiger charge is -2.32. The molecule has 0 saturated carbocycles. The third-order valence-corrected chi connectivity index (χ3v) is 8.86. The van der Waals surface area contributed by atoms with Crippen LogP contribution in [-0.2, 0) is 0 Å². The van der Waals surface area contributed by atoms with Crippen molar-refractivity contribution in [2.75, 3.05) is 0 Å². The molecule has 3 unspecified atom stereocenters. The second kappa shape index (κ2) is 11.8. The van der Waals surface area contributed by atoms with Gasteiger partial charge in [0.05, 0.1) is 0 Å². The highest BCUT2D eigenvalue weighted by Crippen LogP contribution is 2.37. The fraction of sp³-hybridized carbons (Fsp3) is 0.122. The summed E-state index contributed by atoms with van der Waals surface area (Å²) in [7, 11) is 0. The first kappa shape index (κ1) is 28.0. The third kappa shape index (κ3) is 5.35. The molecule has 224 valence electrons. The molecule has 5 heteroatoms. The van der Waals surface area contributed by atoms with Gasteiger partial charge in [-0.3, -0.25) is 10.3 Å². The Balaban J connectivity index is 1.33. The molecule has 46 heavy (non-hydrogen) atoms. The van der Waals surface area contributed by atoms with Crippen molar-refractivity contribution >= 4 is 33.1 Å². The zero-order valence-electron chi connectivity index (χ0n) is 25.9. The minimum Gasteiger partial charge on any atom is -0.364 e. The van der Waals surface area contributed by atoms with E-state index in [1.165, 1.54) is 27.1 Å². The molecule has 0 bridgehead atoms. The standard InChI is InChI=1S/C41H35N5/c1-26-21-27(2)43-40(42-26)32-22-31(37-25-30-17-9-10-18-34(30)35-19-11-12-20-36(35)37)23-33(24-32)41-45-38(28-13-5-3-6-14-28)44-39(46-41)29-15-7-4-8-16-29/h3-25,38-40,42,44H,1-2H3,(H,45,46). The number of amidine groups is 1. The number of nitrogens with one attached hydrogen (secondary N) is 3. The van der Waals surface area contributed by atoms with Crippen LogP contribution in [0.1, 0.15) is 54.6 Å². The van der Waals surface area contributed by atoms with E-state index in [1.54, 1.807) is 0 Å². The van der Waals surface area contributed by atoms with Crippen molar-refractivity contribution < 1.29 is 0 Å². The average molecular weight is 598 g/mol. The summed E-state index contributed by atoms with van der Waals surface area (Å²) in [5.74, 6) is 0.846. The van der Waals surface area contributed by atoms with Crippen molar-refractivity contribution in [3.05, 3.63) is 167 Å². The number of benzene rings is 6. The van der Waals surface area contributed by atoms with E-state index in [0.717, 1.165) is 45.1 Å². The minimum absolute atomic E-state index is 0.120. The van der Waals surface area contributed by atoms with Crippen molar-refractivity contribution in [1.29, 1.82) is 0 Å². The van der Waals surface area contributed by atoms with Crippen LogP contribution >= 0.6 is 0 Å². The van der Waals surface area contributed by atoms with E-state index in [-0.39, 0.29) is 18.5 Å². The van der Waals surface area contributed by atoms with Gasteiger partial charge in [-0.15, -0.1) is 0 Å². The monoisotopic (exact) mass is 597 g/mol. The lowest BCUT2D eigenvalue weighted by atomic mass is 9.91. The maximum atomic E-state index is 5.29. The Kier molecular flexibility index (Phi) is 7.16. The summed E-state index contributed by atoms with van der Waals surface area (Å²) in [6.45, 7) is 4.16. The molecule has 0 radical (unpaired) electrons. The molecule has 2 aliphatic rings. The fourth-order valence-electron chi connectivity index (χ4n) is 6.73. The van der Waals surface area contributed by atoms with Gasteiger partial charge in [0, 0.05) is 17.0 Å². The number of nitrogens with zero attached hydrogens (tertiary/aromatic N) is 2. The zero-order valence-corrected chi connectivity index (χ0v) is 25.9. The highest BCUT2D eigenvalue weighted by molar-refractivity contribution is 6.14. The molecule has 0 fully saturated rings. The van der Waals surface area contributed by atoms with Crippen molar-refractivity contribution in [3.8, 4) is 11.1 Å². The van der Waals surface area contributed by atoms with E-state index in [1.807, 2.05) is 6.07 Å². The Bertz CT molecular complexity index is 2160. The molecular weight excluding hydrogens is 562 g/mol. The van der Waals surface area contributed by atoms with Crippen LogP contribution in [-0.4, -0.2) is 11.5 Å². The molecule has 3 atom stereocenters. The summed E-state index contributed by atoms with van der Waals surface area (Å²) in [5, 5.41) is 16.0. The van der Waals surface area contributed by atoms with Crippen molar-refractivity contribution in [2.45, 2.75) is 32.3 Å². The van der Waals surface area contributed by atoms with Crippen LogP contribution in [0.5, 0.6) is 0 Å². The number of allylic oxidation sites excluding steroid dienone is 2. The number of hydrogen-bond acceptors (Lipinski definition) is 5. The Morgan fingerprint density at radius 1 is 0.522 bits per heavy atom. The summed E-state index contributed by atoms with van der Waals surface area (Å²) in [4.78, 5) is 10.3. The summed E-state index contributed by atoms with van der Waals surface area (Å²) < 4.78 is 0. The Morgan fingerprint density at radius 3 is 1.93 bits per heavy atom. The quantitative estimate of drug-likeness (QED) is 0.174. The van der Waals surface area contributed by atoms with Gasteiger partial charge in [-0.1, -0.05) is 109 Å². The number of fused-ring (bicyclic) bond motifs is 3. The van der Waals surface area contributed by atoms with Gasteiger partial charge in [0.2, 0.25) is 0 Å². The Hall–Kier alpha value is -5.52. The van der Waals surface area contributed by atoms with E-state index in [2.05, 4.69) is 163 Å². The van der Waals surface area contributed by atoms with Crippen LogP contribution in [0, 0.1) is 0 Å². The molecule has 0 aliphatic carbocycles. The average Bonchev–Trinajstić information content (AvgIpc) is 3.11. The molecule has 8 rings (SSSR count). The number of hydrogen-bond donors (Lipinski definition) is 3. The predicted molar refractivity (Wildman–Crippen MR) is 191 cm³/mol. The Morgan fingerprint density at radius 2 is 1.17 bits per heavy atom. The SMILES string of the molecule is CC1=CC(C)=NC(c2cc(C3=NC(c4ccccc4)NC(c4ccccc4)N3)cc(-c3cc4ccccc4c4ccccc34)c2)N1. The molecule has 0 saturated heterocycles. The molecule has 3 N–H and O–H groups in total. The van der Waals surface area contributed by atoms with E-state index in [4.69, 9.17) is 9.98 Å². The van der Waals surface area contributed by atoms with E-state index < -0.39 is 0 Å². The van der Waals surface area contributed by atoms with Crippen molar-refractivity contribution in [3.63, 3.8) is 0 Å². The van der Waals surface area contributed by atoms with Crippen LogP contribution in [0.2, 0.25) is 0 Å². The molecule has 2 heterocycles. The van der Waals surface area contributed by atoms with Gasteiger partial charge in [-0.05, 0) is 93.6 Å². The van der Waals surface area contributed by atoms with Crippen molar-refractivity contribution in [1.82, 2.24) is 16.0 Å². The third-order valence-electron chi connectivity index (χ3n) is 8.86. The first-order valence-electron chi connectivity index (χ1n) is 15.8. The van der Waals surface area contributed by atoms with Crippen LogP contribution in [0.4, 0.5) is 0 Å². The largest absolute Gasteiger partial charge is 0.364 e. The van der Waals surface area contributed by atoms with Gasteiger partial charge in [-0.2, -0.15) is 0 Å². The summed E-state index contributed by atoms with van der Waals surface area (Å²) in [5.41, 5.74) is 8.82. The van der Waals surface area contributed by atoms with Gasteiger partial charge < -0.3 is 10.6 Å². The van der Waals surface area contributed by atoms with Crippen molar-refractivity contribution in [2.24, 2.45) is 9.98 Å². The summed E-state index contributed by atoms with van der Waals surface area (Å²) in [6, 6.07) is 47.4. The van der Waals surface area contributed by atoms with E-state index in [0.29, 0.717) is 0 Å². The van der Waals surface area contributed by atoms with Crippen LogP contribution in [0.3, 0.4) is 0 Å². The normalized spacial score (nSPS) is 19.5. The smallest absolute Gasteiger partial charge is 0.144 e. The molecule has 0 amide bonds. The molecule has 0 aromatic heterocycles.